The number of hydrogen-bond acceptors (Lipinski definition) is 3. The summed E-state index contributed by atoms with van der Waals surface area (Å²) in [4.78, 5) is 14.6. The topological polar surface area (TPSA) is 43.8 Å². The maximum atomic E-state index is 13.8. The summed E-state index contributed by atoms with van der Waals surface area (Å²) in [5.74, 6) is -1.05. The number of para-hydroxylation sites is 1. The van der Waals surface area contributed by atoms with Crippen molar-refractivity contribution in [1.82, 2.24) is 4.90 Å². The zero-order valence-electron chi connectivity index (χ0n) is 11.1. The maximum Gasteiger partial charge on any atom is 0.317 e. The number of benzene rings is 1. The van der Waals surface area contributed by atoms with E-state index in [0.29, 0.717) is 12.2 Å². The lowest BCUT2D eigenvalue weighted by Crippen LogP contribution is -2.48. The zero-order chi connectivity index (χ0) is 13.8. The fourth-order valence-electron chi connectivity index (χ4n) is 2.58. The van der Waals surface area contributed by atoms with Gasteiger partial charge in [-0.3, -0.25) is 9.69 Å². The molecule has 1 aromatic carbocycles. The van der Waals surface area contributed by atoms with Gasteiger partial charge in [-0.1, -0.05) is 12.1 Å². The minimum absolute atomic E-state index is 0.0236. The van der Waals surface area contributed by atoms with Crippen LogP contribution in [0.5, 0.6) is 0 Å². The Morgan fingerprint density at radius 1 is 1.53 bits per heavy atom. The van der Waals surface area contributed by atoms with E-state index in [4.69, 9.17) is 5.11 Å². The lowest BCUT2D eigenvalue weighted by atomic mass is 10.0. The van der Waals surface area contributed by atoms with Crippen LogP contribution in [0.15, 0.2) is 24.3 Å². The van der Waals surface area contributed by atoms with E-state index in [9.17, 15) is 9.18 Å². The molecule has 0 bridgehead atoms. The first-order valence-electron chi connectivity index (χ1n) is 6.49. The fraction of sp³-hybridized carbons (Fsp3) is 0.500. The van der Waals surface area contributed by atoms with E-state index in [1.54, 1.807) is 12.1 Å². The second kappa shape index (κ2) is 6.02. The van der Waals surface area contributed by atoms with Gasteiger partial charge in [0.2, 0.25) is 0 Å². The van der Waals surface area contributed by atoms with Gasteiger partial charge in [0.15, 0.2) is 0 Å². The normalized spacial score (nSPS) is 19.7. The summed E-state index contributed by atoms with van der Waals surface area (Å²) >= 11 is 0. The highest BCUT2D eigenvalue weighted by atomic mass is 19.1. The van der Waals surface area contributed by atoms with Gasteiger partial charge in [-0.25, -0.2) is 4.39 Å². The molecule has 0 aliphatic carbocycles. The predicted octanol–water partition coefficient (Wildman–Crippen LogP) is 1.81. The molecule has 0 spiro atoms. The van der Waals surface area contributed by atoms with Gasteiger partial charge in [0.1, 0.15) is 5.82 Å². The number of anilines is 1. The van der Waals surface area contributed by atoms with E-state index < -0.39 is 5.97 Å². The SMILES string of the molecule is CN(CC(=O)O)C1CCCN(c2ccccc2F)C1. The van der Waals surface area contributed by atoms with Crippen molar-refractivity contribution in [1.29, 1.82) is 0 Å². The Morgan fingerprint density at radius 2 is 2.26 bits per heavy atom. The van der Waals surface area contributed by atoms with E-state index in [-0.39, 0.29) is 18.4 Å². The van der Waals surface area contributed by atoms with Gasteiger partial charge in [-0.15, -0.1) is 0 Å². The van der Waals surface area contributed by atoms with Crippen LogP contribution in [0.25, 0.3) is 0 Å². The summed E-state index contributed by atoms with van der Waals surface area (Å²) < 4.78 is 13.8. The lowest BCUT2D eigenvalue weighted by Gasteiger charge is -2.38. The van der Waals surface area contributed by atoms with E-state index in [2.05, 4.69) is 0 Å². The first-order valence-corrected chi connectivity index (χ1v) is 6.49. The Balaban J connectivity index is 2.05. The molecule has 104 valence electrons. The van der Waals surface area contributed by atoms with Gasteiger partial charge in [-0.2, -0.15) is 0 Å². The van der Waals surface area contributed by atoms with E-state index in [0.717, 1.165) is 19.4 Å². The molecular formula is C14H19FN2O2. The Morgan fingerprint density at radius 3 is 2.95 bits per heavy atom. The molecule has 0 aromatic heterocycles. The maximum absolute atomic E-state index is 13.8. The van der Waals surface area contributed by atoms with Crippen LogP contribution in [0.1, 0.15) is 12.8 Å². The summed E-state index contributed by atoms with van der Waals surface area (Å²) in [5, 5.41) is 8.83. The van der Waals surface area contributed by atoms with Crippen LogP contribution in [-0.2, 0) is 4.79 Å². The van der Waals surface area contributed by atoms with Crippen molar-refractivity contribution in [2.24, 2.45) is 0 Å². The van der Waals surface area contributed by atoms with Crippen molar-refractivity contribution in [3.63, 3.8) is 0 Å². The van der Waals surface area contributed by atoms with Gasteiger partial charge in [0.05, 0.1) is 12.2 Å². The molecule has 5 heteroatoms. The smallest absolute Gasteiger partial charge is 0.317 e. The van der Waals surface area contributed by atoms with E-state index in [1.165, 1.54) is 6.07 Å². The van der Waals surface area contributed by atoms with Crippen LogP contribution < -0.4 is 4.90 Å². The van der Waals surface area contributed by atoms with Gasteiger partial charge < -0.3 is 10.0 Å². The van der Waals surface area contributed by atoms with Crippen LogP contribution in [0.3, 0.4) is 0 Å². The number of rotatable bonds is 4. The summed E-state index contributed by atoms with van der Waals surface area (Å²) in [7, 11) is 1.81. The van der Waals surface area contributed by atoms with Crippen LogP contribution in [0.4, 0.5) is 10.1 Å². The molecule has 0 saturated carbocycles. The molecule has 19 heavy (non-hydrogen) atoms. The molecule has 0 amide bonds. The summed E-state index contributed by atoms with van der Waals surface area (Å²) in [5.41, 5.74) is 0.607. The minimum Gasteiger partial charge on any atom is -0.480 e. The number of likely N-dealkylation sites (N-methyl/N-ethyl adjacent to an activating group) is 1. The third-order valence-electron chi connectivity index (χ3n) is 3.60. The number of halogens is 1. The zero-order valence-corrected chi connectivity index (χ0v) is 11.1. The van der Waals surface area contributed by atoms with Crippen molar-refractivity contribution in [2.45, 2.75) is 18.9 Å². The highest BCUT2D eigenvalue weighted by Gasteiger charge is 2.25. The van der Waals surface area contributed by atoms with Crippen LogP contribution in [0.2, 0.25) is 0 Å². The fourth-order valence-corrected chi connectivity index (χ4v) is 2.58. The lowest BCUT2D eigenvalue weighted by molar-refractivity contribution is -0.138. The Bertz CT molecular complexity index is 453. The largest absolute Gasteiger partial charge is 0.480 e. The number of hydrogen-bond donors (Lipinski definition) is 1. The molecule has 1 aliphatic rings. The molecule has 2 rings (SSSR count). The summed E-state index contributed by atoms with van der Waals surface area (Å²) in [6.45, 7) is 1.51. The summed E-state index contributed by atoms with van der Waals surface area (Å²) in [6, 6.07) is 6.89. The third-order valence-corrected chi connectivity index (χ3v) is 3.60. The number of nitrogens with zero attached hydrogens (tertiary/aromatic N) is 2. The Hall–Kier alpha value is -1.62. The molecule has 1 N–H and O–H groups in total. The third kappa shape index (κ3) is 3.44. The number of carbonyl (C=O) groups is 1. The average molecular weight is 266 g/mol. The molecule has 1 atom stereocenters. The van der Waals surface area contributed by atoms with Crippen molar-refractivity contribution in [2.75, 3.05) is 31.6 Å². The molecule has 1 heterocycles. The molecule has 1 fully saturated rings. The molecule has 1 aliphatic heterocycles. The van der Waals surface area contributed by atoms with Gasteiger partial charge >= 0.3 is 5.97 Å². The van der Waals surface area contributed by atoms with Crippen molar-refractivity contribution in [3.05, 3.63) is 30.1 Å². The first kappa shape index (κ1) is 13.8. The van der Waals surface area contributed by atoms with E-state index >= 15 is 0 Å². The van der Waals surface area contributed by atoms with Gasteiger partial charge in [0.25, 0.3) is 0 Å². The van der Waals surface area contributed by atoms with Crippen LogP contribution in [-0.4, -0.2) is 48.7 Å². The molecule has 1 unspecified atom stereocenters. The van der Waals surface area contributed by atoms with Crippen LogP contribution >= 0.6 is 0 Å². The molecule has 1 saturated heterocycles. The van der Waals surface area contributed by atoms with Gasteiger partial charge in [-0.05, 0) is 32.0 Å². The van der Waals surface area contributed by atoms with Gasteiger partial charge in [0, 0.05) is 19.1 Å². The van der Waals surface area contributed by atoms with Crippen molar-refractivity contribution >= 4 is 11.7 Å². The second-order valence-corrected chi connectivity index (χ2v) is 5.00. The highest BCUT2D eigenvalue weighted by Crippen LogP contribution is 2.24. The minimum atomic E-state index is -0.828. The number of carboxylic acids is 1. The molecule has 1 aromatic rings. The molecule has 4 nitrogen and oxygen atoms in total. The highest BCUT2D eigenvalue weighted by molar-refractivity contribution is 5.69. The van der Waals surface area contributed by atoms with Crippen molar-refractivity contribution in [3.8, 4) is 0 Å². The molecular weight excluding hydrogens is 247 g/mol. The second-order valence-electron chi connectivity index (χ2n) is 5.00. The Kier molecular flexibility index (Phi) is 4.37. The Labute approximate surface area is 112 Å². The molecule has 0 radical (unpaired) electrons. The van der Waals surface area contributed by atoms with Crippen LogP contribution in [0, 0.1) is 5.82 Å². The number of piperidine rings is 1. The monoisotopic (exact) mass is 266 g/mol. The number of aliphatic carboxylic acids is 1. The van der Waals surface area contributed by atoms with Crippen molar-refractivity contribution < 1.29 is 14.3 Å². The standard InChI is InChI=1S/C14H19FN2O2/c1-16(10-14(18)19)11-5-4-8-17(9-11)13-7-3-2-6-12(13)15/h2-3,6-7,11H,4-5,8-10H2,1H3,(H,18,19). The summed E-state index contributed by atoms with van der Waals surface area (Å²) in [6.07, 6.45) is 1.90. The average Bonchev–Trinajstić information content (AvgIpc) is 2.38. The first-order chi connectivity index (χ1) is 9.08. The predicted molar refractivity (Wildman–Crippen MR) is 71.9 cm³/mol. The quantitative estimate of drug-likeness (QED) is 0.902. The van der Waals surface area contributed by atoms with E-state index in [1.807, 2.05) is 22.9 Å². The number of carboxylic acid groups (broad SMARTS) is 1.